The van der Waals surface area contributed by atoms with Gasteiger partial charge < -0.3 is 19.0 Å². The summed E-state index contributed by atoms with van der Waals surface area (Å²) in [6, 6.07) is 2.60. The number of methoxy groups -OCH3 is 1. The quantitative estimate of drug-likeness (QED) is 0.905. The molecule has 1 aromatic carbocycles. The molecule has 7 nitrogen and oxygen atoms in total. The third-order valence-corrected chi connectivity index (χ3v) is 2.67. The number of carboxylic acid groups (broad SMARTS) is 1. The van der Waals surface area contributed by atoms with E-state index in [1.165, 1.54) is 19.2 Å². The second-order valence-corrected chi connectivity index (χ2v) is 4.21. The van der Waals surface area contributed by atoms with E-state index in [9.17, 15) is 4.79 Å². The lowest BCUT2D eigenvalue weighted by Crippen LogP contribution is -2.02. The zero-order valence-corrected chi connectivity index (χ0v) is 11.5. The Morgan fingerprint density at radius 1 is 1.45 bits per heavy atom. The van der Waals surface area contributed by atoms with E-state index < -0.39 is 5.97 Å². The second kappa shape index (κ2) is 5.79. The molecular formula is C12H11ClN2O5. The monoisotopic (exact) mass is 298 g/mol. The van der Waals surface area contributed by atoms with Gasteiger partial charge in [0.15, 0.2) is 18.1 Å². The zero-order chi connectivity index (χ0) is 14.7. The SMILES string of the molecule is COc1cc(C(=O)O)cc(Cl)c1OCc1nnc(C)o1. The molecule has 0 saturated carbocycles. The summed E-state index contributed by atoms with van der Waals surface area (Å²) in [7, 11) is 1.39. The number of benzene rings is 1. The summed E-state index contributed by atoms with van der Waals surface area (Å²) in [5.74, 6) is 0.0243. The summed E-state index contributed by atoms with van der Waals surface area (Å²) in [5.41, 5.74) is 0.00725. The highest BCUT2D eigenvalue weighted by atomic mass is 35.5. The lowest BCUT2D eigenvalue weighted by atomic mass is 10.2. The summed E-state index contributed by atoms with van der Waals surface area (Å²) in [6.45, 7) is 1.66. The predicted octanol–water partition coefficient (Wildman–Crippen LogP) is 2.32. The van der Waals surface area contributed by atoms with Crippen molar-refractivity contribution in [1.82, 2.24) is 10.2 Å². The second-order valence-electron chi connectivity index (χ2n) is 3.80. The number of aryl methyl sites for hydroxylation is 1. The topological polar surface area (TPSA) is 94.7 Å². The van der Waals surface area contributed by atoms with Crippen LogP contribution in [0, 0.1) is 6.92 Å². The average Bonchev–Trinajstić information content (AvgIpc) is 2.82. The van der Waals surface area contributed by atoms with Crippen LogP contribution in [0.5, 0.6) is 11.5 Å². The van der Waals surface area contributed by atoms with Gasteiger partial charge in [0.1, 0.15) is 0 Å². The fourth-order valence-electron chi connectivity index (χ4n) is 1.51. The van der Waals surface area contributed by atoms with Crippen LogP contribution < -0.4 is 9.47 Å². The van der Waals surface area contributed by atoms with Crippen molar-refractivity contribution in [3.63, 3.8) is 0 Å². The van der Waals surface area contributed by atoms with Crippen LogP contribution in [0.15, 0.2) is 16.5 Å². The number of hydrogen-bond acceptors (Lipinski definition) is 6. The Kier molecular flexibility index (Phi) is 4.09. The minimum absolute atomic E-state index is 0.00331. The molecule has 2 aromatic rings. The Morgan fingerprint density at radius 2 is 2.20 bits per heavy atom. The van der Waals surface area contributed by atoms with Crippen LogP contribution in [-0.2, 0) is 6.61 Å². The number of hydrogen-bond donors (Lipinski definition) is 1. The van der Waals surface area contributed by atoms with Crippen molar-refractivity contribution in [3.8, 4) is 11.5 Å². The predicted molar refractivity (Wildman–Crippen MR) is 68.3 cm³/mol. The van der Waals surface area contributed by atoms with E-state index in [1.54, 1.807) is 6.92 Å². The molecule has 0 unspecified atom stereocenters. The highest BCUT2D eigenvalue weighted by Crippen LogP contribution is 2.36. The first-order chi connectivity index (χ1) is 9.51. The molecule has 8 heteroatoms. The normalized spacial score (nSPS) is 10.3. The fraction of sp³-hybridized carbons (Fsp3) is 0.250. The van der Waals surface area contributed by atoms with Crippen LogP contribution in [0.3, 0.4) is 0 Å². The van der Waals surface area contributed by atoms with Gasteiger partial charge in [0.25, 0.3) is 5.89 Å². The number of nitrogens with zero attached hydrogens (tertiary/aromatic N) is 2. The van der Waals surface area contributed by atoms with E-state index in [2.05, 4.69) is 10.2 Å². The van der Waals surface area contributed by atoms with Crippen molar-refractivity contribution in [2.75, 3.05) is 7.11 Å². The van der Waals surface area contributed by atoms with Crippen LogP contribution in [-0.4, -0.2) is 28.4 Å². The van der Waals surface area contributed by atoms with E-state index >= 15 is 0 Å². The molecule has 0 spiro atoms. The lowest BCUT2D eigenvalue weighted by molar-refractivity contribution is 0.0696. The summed E-state index contributed by atoms with van der Waals surface area (Å²) >= 11 is 5.99. The average molecular weight is 299 g/mol. The number of carbonyl (C=O) groups is 1. The fourth-order valence-corrected chi connectivity index (χ4v) is 1.78. The van der Waals surface area contributed by atoms with Crippen molar-refractivity contribution in [2.45, 2.75) is 13.5 Å². The number of halogens is 1. The number of carboxylic acids is 1. The Morgan fingerprint density at radius 3 is 2.75 bits per heavy atom. The van der Waals surface area contributed by atoms with Gasteiger partial charge in [-0.25, -0.2) is 4.79 Å². The highest BCUT2D eigenvalue weighted by molar-refractivity contribution is 6.32. The van der Waals surface area contributed by atoms with Crippen molar-refractivity contribution in [3.05, 3.63) is 34.5 Å². The van der Waals surface area contributed by atoms with Gasteiger partial charge in [-0.05, 0) is 12.1 Å². The molecule has 2 rings (SSSR count). The molecule has 0 fully saturated rings. The number of aromatic nitrogens is 2. The van der Waals surface area contributed by atoms with Gasteiger partial charge in [-0.1, -0.05) is 11.6 Å². The first-order valence-corrected chi connectivity index (χ1v) is 5.91. The molecule has 1 heterocycles. The Bertz CT molecular complexity index is 641. The Labute approximate surface area is 119 Å². The van der Waals surface area contributed by atoms with Gasteiger partial charge in [0, 0.05) is 6.92 Å². The van der Waals surface area contributed by atoms with Crippen LogP contribution in [0.2, 0.25) is 5.02 Å². The largest absolute Gasteiger partial charge is 0.493 e. The summed E-state index contributed by atoms with van der Waals surface area (Å²) in [5, 5.41) is 16.5. The van der Waals surface area contributed by atoms with Crippen LogP contribution in [0.25, 0.3) is 0 Å². The molecule has 0 amide bonds. The third kappa shape index (κ3) is 3.00. The van der Waals surface area contributed by atoms with Gasteiger partial charge in [0.2, 0.25) is 5.89 Å². The molecule has 0 aliphatic rings. The maximum atomic E-state index is 10.9. The molecule has 0 bridgehead atoms. The van der Waals surface area contributed by atoms with E-state index in [0.29, 0.717) is 5.89 Å². The van der Waals surface area contributed by atoms with E-state index in [4.69, 9.17) is 30.6 Å². The Balaban J connectivity index is 2.24. The van der Waals surface area contributed by atoms with Gasteiger partial charge in [0.05, 0.1) is 17.7 Å². The van der Waals surface area contributed by atoms with Crippen molar-refractivity contribution >= 4 is 17.6 Å². The zero-order valence-electron chi connectivity index (χ0n) is 10.7. The number of ether oxygens (including phenoxy) is 2. The smallest absolute Gasteiger partial charge is 0.335 e. The van der Waals surface area contributed by atoms with Crippen LogP contribution in [0.1, 0.15) is 22.1 Å². The minimum Gasteiger partial charge on any atom is -0.493 e. The van der Waals surface area contributed by atoms with E-state index in [-0.39, 0.29) is 34.6 Å². The molecule has 0 saturated heterocycles. The molecule has 20 heavy (non-hydrogen) atoms. The van der Waals surface area contributed by atoms with E-state index in [0.717, 1.165) is 0 Å². The van der Waals surface area contributed by atoms with Crippen molar-refractivity contribution < 1.29 is 23.8 Å². The minimum atomic E-state index is -1.11. The van der Waals surface area contributed by atoms with E-state index in [1.807, 2.05) is 0 Å². The first-order valence-electron chi connectivity index (χ1n) is 5.54. The Hall–Kier alpha value is -2.28. The van der Waals surface area contributed by atoms with Crippen molar-refractivity contribution in [1.29, 1.82) is 0 Å². The van der Waals surface area contributed by atoms with Crippen LogP contribution in [0.4, 0.5) is 0 Å². The molecule has 1 aromatic heterocycles. The number of rotatable bonds is 5. The van der Waals surface area contributed by atoms with Gasteiger partial charge in [-0.3, -0.25) is 0 Å². The van der Waals surface area contributed by atoms with Gasteiger partial charge >= 0.3 is 5.97 Å². The molecule has 1 N–H and O–H groups in total. The molecule has 106 valence electrons. The molecule has 0 radical (unpaired) electrons. The molecular weight excluding hydrogens is 288 g/mol. The summed E-state index contributed by atoms with van der Waals surface area (Å²) in [4.78, 5) is 10.9. The standard InChI is InChI=1S/C12H11ClN2O5/c1-6-14-15-10(20-6)5-19-11-8(13)3-7(12(16)17)4-9(11)18-2/h3-4H,5H2,1-2H3,(H,16,17). The van der Waals surface area contributed by atoms with Gasteiger partial charge in [-0.15, -0.1) is 10.2 Å². The third-order valence-electron chi connectivity index (χ3n) is 2.38. The molecule has 0 aliphatic heterocycles. The highest BCUT2D eigenvalue weighted by Gasteiger charge is 2.16. The lowest BCUT2D eigenvalue weighted by Gasteiger charge is -2.11. The van der Waals surface area contributed by atoms with Crippen molar-refractivity contribution in [2.24, 2.45) is 0 Å². The van der Waals surface area contributed by atoms with Gasteiger partial charge in [-0.2, -0.15) is 0 Å². The maximum absolute atomic E-state index is 10.9. The summed E-state index contributed by atoms with van der Waals surface area (Å²) < 4.78 is 15.7. The maximum Gasteiger partial charge on any atom is 0.335 e. The molecule has 0 aliphatic carbocycles. The summed E-state index contributed by atoms with van der Waals surface area (Å²) in [6.07, 6.45) is 0. The first kappa shape index (κ1) is 14.1. The molecule has 0 atom stereocenters. The van der Waals surface area contributed by atoms with Crippen LogP contribution >= 0.6 is 11.6 Å². The number of aromatic carboxylic acids is 1.